The highest BCUT2D eigenvalue weighted by Crippen LogP contribution is 2.29. The molecule has 4 aliphatic heterocycles. The zero-order valence-electron chi connectivity index (χ0n) is 25.8. The van der Waals surface area contributed by atoms with E-state index in [1.165, 1.54) is 0 Å². The second-order valence-corrected chi connectivity index (χ2v) is 13.5. The number of piperidine rings is 2. The number of nitrogens with zero attached hydrogens (tertiary/aromatic N) is 5. The molecule has 0 radical (unpaired) electrons. The van der Waals surface area contributed by atoms with Crippen LogP contribution < -0.4 is 5.32 Å². The number of nitrogens with one attached hydrogen (secondary N) is 1. The number of amides is 4. The lowest BCUT2D eigenvalue weighted by atomic mass is 10.0. The van der Waals surface area contributed by atoms with Gasteiger partial charge in [-0.15, -0.1) is 0 Å². The minimum atomic E-state index is -0.980. The first-order chi connectivity index (χ1) is 21.7. The van der Waals surface area contributed by atoms with Crippen molar-refractivity contribution in [2.75, 3.05) is 64.7 Å². The zero-order valence-corrected chi connectivity index (χ0v) is 27.3. The SMILES string of the molecule is CN1CCC(N2CCN(C(=O)[C@@H](Cc3ccc(Cl)c(Cl)c3)OC(=O)N3CCC(N4Cc5ccccc5NC4=O)CC3)CC2)CC1. The number of piperazine rings is 1. The van der Waals surface area contributed by atoms with E-state index in [9.17, 15) is 14.4 Å². The van der Waals surface area contributed by atoms with Crippen LogP contribution in [0, 0.1) is 0 Å². The number of carbonyl (C=O) groups is 3. The third-order valence-corrected chi connectivity index (χ3v) is 10.5. The summed E-state index contributed by atoms with van der Waals surface area (Å²) in [6.07, 6.45) is 2.28. The number of carbonyl (C=O) groups excluding carboxylic acids is 3. The van der Waals surface area contributed by atoms with Crippen molar-refractivity contribution in [1.82, 2.24) is 24.5 Å². The normalized spacial score (nSPS) is 21.3. The minimum absolute atomic E-state index is 0.0110. The number of hydrogen-bond acceptors (Lipinski definition) is 6. The minimum Gasteiger partial charge on any atom is -0.436 e. The molecule has 242 valence electrons. The van der Waals surface area contributed by atoms with Crippen molar-refractivity contribution in [3.05, 3.63) is 63.6 Å². The summed E-state index contributed by atoms with van der Waals surface area (Å²) in [5.74, 6) is -0.184. The molecule has 1 N–H and O–H groups in total. The Labute approximate surface area is 275 Å². The Kier molecular flexibility index (Phi) is 10.0. The molecule has 0 aromatic heterocycles. The lowest BCUT2D eigenvalue weighted by Crippen LogP contribution is -2.56. The average molecular weight is 658 g/mol. The van der Waals surface area contributed by atoms with Crippen molar-refractivity contribution in [2.24, 2.45) is 0 Å². The molecule has 2 aromatic rings. The summed E-state index contributed by atoms with van der Waals surface area (Å²) in [5, 5.41) is 3.80. The molecule has 6 rings (SSSR count). The van der Waals surface area contributed by atoms with Crippen LogP contribution in [0.2, 0.25) is 10.0 Å². The fourth-order valence-corrected chi connectivity index (χ4v) is 7.33. The van der Waals surface area contributed by atoms with Crippen molar-refractivity contribution < 1.29 is 19.1 Å². The maximum atomic E-state index is 13.9. The van der Waals surface area contributed by atoms with E-state index < -0.39 is 12.2 Å². The monoisotopic (exact) mass is 656 g/mol. The predicted molar refractivity (Wildman–Crippen MR) is 175 cm³/mol. The molecule has 0 bridgehead atoms. The number of ether oxygens (including phenoxy) is 1. The highest BCUT2D eigenvalue weighted by Gasteiger charge is 2.36. The largest absolute Gasteiger partial charge is 0.436 e. The van der Waals surface area contributed by atoms with Crippen LogP contribution >= 0.6 is 23.2 Å². The second kappa shape index (κ2) is 14.2. The Morgan fingerprint density at radius 1 is 0.867 bits per heavy atom. The first-order valence-corrected chi connectivity index (χ1v) is 16.8. The van der Waals surface area contributed by atoms with Crippen LogP contribution in [0.5, 0.6) is 0 Å². The molecule has 12 heteroatoms. The third kappa shape index (κ3) is 7.51. The highest BCUT2D eigenvalue weighted by atomic mass is 35.5. The number of benzene rings is 2. The zero-order chi connectivity index (χ0) is 31.5. The van der Waals surface area contributed by atoms with E-state index in [0.29, 0.717) is 61.7 Å². The summed E-state index contributed by atoms with van der Waals surface area (Å²) in [7, 11) is 2.16. The predicted octanol–water partition coefficient (Wildman–Crippen LogP) is 4.79. The number of anilines is 1. The molecule has 3 fully saturated rings. The maximum absolute atomic E-state index is 13.9. The third-order valence-electron chi connectivity index (χ3n) is 9.78. The Balaban J connectivity index is 1.07. The number of halogens is 2. The quantitative estimate of drug-likeness (QED) is 0.481. The standard InChI is InChI=1S/C33H42Cl2N6O4/c1-37-12-8-25(9-13-37)38-16-18-39(19-17-38)31(42)30(21-23-6-7-27(34)28(35)20-23)45-33(44)40-14-10-26(11-15-40)41-22-24-4-2-3-5-29(24)36-32(41)43/h2-7,20,25-26,30H,8-19,21-22H2,1H3,(H,36,43)/t30-/m1/s1. The van der Waals surface area contributed by atoms with Crippen LogP contribution in [0.25, 0.3) is 0 Å². The molecule has 10 nitrogen and oxygen atoms in total. The van der Waals surface area contributed by atoms with Crippen LogP contribution in [-0.4, -0.2) is 120 Å². The average Bonchev–Trinajstić information content (AvgIpc) is 3.06. The van der Waals surface area contributed by atoms with Crippen LogP contribution in [0.4, 0.5) is 15.3 Å². The number of fused-ring (bicyclic) bond motifs is 1. The Hall–Kier alpha value is -3.05. The molecular weight excluding hydrogens is 615 g/mol. The van der Waals surface area contributed by atoms with Gasteiger partial charge in [0, 0.05) is 70.0 Å². The first-order valence-electron chi connectivity index (χ1n) is 16.0. The van der Waals surface area contributed by atoms with Gasteiger partial charge >= 0.3 is 12.1 Å². The Bertz CT molecular complexity index is 1390. The van der Waals surface area contributed by atoms with E-state index >= 15 is 0 Å². The summed E-state index contributed by atoms with van der Waals surface area (Å²) < 4.78 is 5.99. The van der Waals surface area contributed by atoms with Crippen LogP contribution in [0.15, 0.2) is 42.5 Å². The molecule has 0 spiro atoms. The van der Waals surface area contributed by atoms with Gasteiger partial charge in [0.2, 0.25) is 0 Å². The van der Waals surface area contributed by atoms with Crippen molar-refractivity contribution in [3.8, 4) is 0 Å². The molecule has 1 atom stereocenters. The number of likely N-dealkylation sites (tertiary alicyclic amines) is 2. The van der Waals surface area contributed by atoms with Crippen molar-refractivity contribution in [3.63, 3.8) is 0 Å². The van der Waals surface area contributed by atoms with Gasteiger partial charge in [0.05, 0.1) is 10.0 Å². The fourth-order valence-electron chi connectivity index (χ4n) is 7.00. The topological polar surface area (TPSA) is 88.7 Å². The second-order valence-electron chi connectivity index (χ2n) is 12.7. The smallest absolute Gasteiger partial charge is 0.410 e. The van der Waals surface area contributed by atoms with E-state index in [-0.39, 0.29) is 24.4 Å². The van der Waals surface area contributed by atoms with E-state index in [0.717, 1.165) is 55.8 Å². The highest BCUT2D eigenvalue weighted by molar-refractivity contribution is 6.42. The number of urea groups is 1. The van der Waals surface area contributed by atoms with Crippen molar-refractivity contribution in [2.45, 2.75) is 56.8 Å². The molecule has 3 saturated heterocycles. The lowest BCUT2D eigenvalue weighted by Gasteiger charge is -2.43. The van der Waals surface area contributed by atoms with Crippen LogP contribution in [0.3, 0.4) is 0 Å². The molecule has 4 aliphatic rings. The van der Waals surface area contributed by atoms with Gasteiger partial charge in [0.25, 0.3) is 5.91 Å². The van der Waals surface area contributed by atoms with Crippen molar-refractivity contribution in [1.29, 1.82) is 0 Å². The summed E-state index contributed by atoms with van der Waals surface area (Å²) in [5.41, 5.74) is 2.70. The summed E-state index contributed by atoms with van der Waals surface area (Å²) in [4.78, 5) is 50.4. The Morgan fingerprint density at radius 3 is 2.27 bits per heavy atom. The van der Waals surface area contributed by atoms with E-state index in [2.05, 4.69) is 22.2 Å². The first kappa shape index (κ1) is 31.9. The van der Waals surface area contributed by atoms with Gasteiger partial charge in [-0.3, -0.25) is 9.69 Å². The molecule has 45 heavy (non-hydrogen) atoms. The molecule has 4 heterocycles. The van der Waals surface area contributed by atoms with Gasteiger partial charge in [-0.2, -0.15) is 0 Å². The van der Waals surface area contributed by atoms with E-state index in [1.807, 2.05) is 40.1 Å². The van der Waals surface area contributed by atoms with Gasteiger partial charge in [-0.25, -0.2) is 9.59 Å². The molecule has 0 aliphatic carbocycles. The summed E-state index contributed by atoms with van der Waals surface area (Å²) >= 11 is 12.4. The van der Waals surface area contributed by atoms with E-state index in [1.54, 1.807) is 17.0 Å². The number of rotatable bonds is 6. The van der Waals surface area contributed by atoms with Crippen LogP contribution in [0.1, 0.15) is 36.8 Å². The number of hydrogen-bond donors (Lipinski definition) is 1. The molecule has 2 aromatic carbocycles. The molecule has 0 saturated carbocycles. The van der Waals surface area contributed by atoms with Gasteiger partial charge < -0.3 is 29.7 Å². The molecular formula is C33H42Cl2N6O4. The summed E-state index contributed by atoms with van der Waals surface area (Å²) in [6.45, 7) is 6.47. The van der Waals surface area contributed by atoms with E-state index in [4.69, 9.17) is 27.9 Å². The number of para-hydroxylation sites is 1. The lowest BCUT2D eigenvalue weighted by molar-refractivity contribution is -0.143. The fraction of sp³-hybridized carbons (Fsp3) is 0.545. The Morgan fingerprint density at radius 2 is 1.56 bits per heavy atom. The van der Waals surface area contributed by atoms with Gasteiger partial charge in [-0.1, -0.05) is 47.5 Å². The summed E-state index contributed by atoms with van der Waals surface area (Å²) in [6, 6.07) is 13.5. The molecule has 4 amide bonds. The van der Waals surface area contributed by atoms with Gasteiger partial charge in [-0.05, 0) is 75.1 Å². The molecule has 0 unspecified atom stereocenters. The van der Waals surface area contributed by atoms with Gasteiger partial charge in [0.1, 0.15) is 0 Å². The van der Waals surface area contributed by atoms with Gasteiger partial charge in [0.15, 0.2) is 6.10 Å². The van der Waals surface area contributed by atoms with Crippen LogP contribution in [-0.2, 0) is 22.5 Å². The van der Waals surface area contributed by atoms with Crippen molar-refractivity contribution >= 4 is 46.9 Å². The maximum Gasteiger partial charge on any atom is 0.410 e.